The van der Waals surface area contributed by atoms with Crippen molar-refractivity contribution in [2.45, 2.75) is 6.92 Å². The summed E-state index contributed by atoms with van der Waals surface area (Å²) in [5.74, 6) is 0. The number of para-hydroxylation sites is 2. The van der Waals surface area contributed by atoms with Crippen molar-refractivity contribution < 1.29 is 0 Å². The zero-order chi connectivity index (χ0) is 30.3. The van der Waals surface area contributed by atoms with E-state index in [1.54, 1.807) is 6.08 Å². The van der Waals surface area contributed by atoms with Crippen molar-refractivity contribution in [3.63, 3.8) is 0 Å². The molecule has 0 saturated heterocycles. The molecule has 9 aromatic rings. The molecule has 0 atom stereocenters. The molecule has 9 rings (SSSR count). The molecule has 214 valence electrons. The van der Waals surface area contributed by atoms with Crippen LogP contribution in [0.2, 0.25) is 0 Å². The molecule has 3 aromatic heterocycles. The van der Waals surface area contributed by atoms with E-state index in [-0.39, 0.29) is 0 Å². The van der Waals surface area contributed by atoms with Crippen LogP contribution in [0.5, 0.6) is 0 Å². The number of pyridine rings is 1. The van der Waals surface area contributed by atoms with Gasteiger partial charge in [0.1, 0.15) is 5.65 Å². The minimum atomic E-state index is 0.977. The number of hydrogen-bond acceptors (Lipinski definition) is 1. The minimum Gasteiger partial charge on any atom is -0.308 e. The monoisotopic (exact) mass is 577 g/mol. The SMILES string of the molecule is C=C/C=C\C.c1ccc2cc(-n3c4ccccc4c4nc5c(cc43)c3ccccc3n5-c3ccc4ccccc4c3)ccc2c1. The van der Waals surface area contributed by atoms with Crippen LogP contribution in [0.1, 0.15) is 6.92 Å². The van der Waals surface area contributed by atoms with Gasteiger partial charge in [0, 0.05) is 27.5 Å². The van der Waals surface area contributed by atoms with Crippen LogP contribution >= 0.6 is 0 Å². The fraction of sp³-hybridized carbons (Fsp3) is 0.0238. The second kappa shape index (κ2) is 11.0. The van der Waals surface area contributed by atoms with Crippen LogP contribution in [0, 0.1) is 0 Å². The third-order valence-electron chi connectivity index (χ3n) is 8.58. The summed E-state index contributed by atoms with van der Waals surface area (Å²) in [5, 5.41) is 8.44. The van der Waals surface area contributed by atoms with Crippen LogP contribution in [0.3, 0.4) is 0 Å². The lowest BCUT2D eigenvalue weighted by Gasteiger charge is -2.10. The van der Waals surface area contributed by atoms with Crippen molar-refractivity contribution in [3.8, 4) is 11.4 Å². The van der Waals surface area contributed by atoms with Crippen LogP contribution in [-0.4, -0.2) is 14.1 Å². The van der Waals surface area contributed by atoms with Gasteiger partial charge in [0.05, 0.1) is 22.1 Å². The normalized spacial score (nSPS) is 11.7. The molecule has 45 heavy (non-hydrogen) atoms. The maximum Gasteiger partial charge on any atom is 0.146 e. The average molecular weight is 578 g/mol. The van der Waals surface area contributed by atoms with Crippen LogP contribution in [0.4, 0.5) is 0 Å². The molecule has 3 nitrogen and oxygen atoms in total. The van der Waals surface area contributed by atoms with E-state index in [1.807, 2.05) is 19.1 Å². The molecule has 0 fully saturated rings. The summed E-state index contributed by atoms with van der Waals surface area (Å²) in [7, 11) is 0. The average Bonchev–Trinajstić information content (AvgIpc) is 3.59. The lowest BCUT2D eigenvalue weighted by Crippen LogP contribution is -1.97. The lowest BCUT2D eigenvalue weighted by atomic mass is 10.1. The molecule has 3 heterocycles. The van der Waals surface area contributed by atoms with Gasteiger partial charge in [-0.1, -0.05) is 122 Å². The zero-order valence-corrected chi connectivity index (χ0v) is 25.1. The van der Waals surface area contributed by atoms with Crippen LogP contribution in [0.15, 0.2) is 164 Å². The van der Waals surface area contributed by atoms with E-state index in [0.717, 1.165) is 49.9 Å². The van der Waals surface area contributed by atoms with Gasteiger partial charge in [-0.05, 0) is 70.9 Å². The third kappa shape index (κ3) is 4.40. The minimum absolute atomic E-state index is 0.977. The van der Waals surface area contributed by atoms with E-state index in [9.17, 15) is 0 Å². The zero-order valence-electron chi connectivity index (χ0n) is 25.1. The molecule has 0 aliphatic carbocycles. The van der Waals surface area contributed by atoms with Crippen molar-refractivity contribution >= 4 is 65.4 Å². The molecule has 0 aliphatic rings. The molecule has 0 spiro atoms. The molecule has 0 aliphatic heterocycles. The molecule has 3 heteroatoms. The Labute approximate surface area is 261 Å². The number of aromatic nitrogens is 3. The summed E-state index contributed by atoms with van der Waals surface area (Å²) in [6.07, 6.45) is 5.58. The molecule has 0 unspecified atom stereocenters. The molecule has 6 aromatic carbocycles. The largest absolute Gasteiger partial charge is 0.308 e. The van der Waals surface area contributed by atoms with E-state index in [0.29, 0.717) is 0 Å². The van der Waals surface area contributed by atoms with E-state index in [1.165, 1.54) is 26.9 Å². The molecule has 0 saturated carbocycles. The Morgan fingerprint density at radius 3 is 1.64 bits per heavy atom. The highest BCUT2D eigenvalue weighted by Crippen LogP contribution is 2.38. The van der Waals surface area contributed by atoms with Crippen molar-refractivity contribution in [2.24, 2.45) is 0 Å². The van der Waals surface area contributed by atoms with Gasteiger partial charge in [-0.15, -0.1) is 0 Å². The van der Waals surface area contributed by atoms with E-state index < -0.39 is 0 Å². The van der Waals surface area contributed by atoms with Gasteiger partial charge in [-0.3, -0.25) is 4.57 Å². The molecule has 0 bridgehead atoms. The Kier molecular flexibility index (Phi) is 6.50. The third-order valence-corrected chi connectivity index (χ3v) is 8.58. The van der Waals surface area contributed by atoms with E-state index >= 15 is 0 Å². The maximum absolute atomic E-state index is 5.45. The van der Waals surface area contributed by atoms with Gasteiger partial charge in [-0.25, -0.2) is 4.98 Å². The van der Waals surface area contributed by atoms with Gasteiger partial charge >= 0.3 is 0 Å². The lowest BCUT2D eigenvalue weighted by molar-refractivity contribution is 1.15. The fourth-order valence-electron chi connectivity index (χ4n) is 6.55. The van der Waals surface area contributed by atoms with Crippen LogP contribution in [-0.2, 0) is 0 Å². The summed E-state index contributed by atoms with van der Waals surface area (Å²) >= 11 is 0. The second-order valence-corrected chi connectivity index (χ2v) is 11.3. The highest BCUT2D eigenvalue weighted by Gasteiger charge is 2.19. The highest BCUT2D eigenvalue weighted by atomic mass is 15.1. The number of rotatable bonds is 3. The standard InChI is InChI=1S/C37H23N3.C5H8/c1-3-11-26-21-28(19-17-24(26)9-1)39-34-16-8-6-14-31(34)36-35(39)23-32-30-13-5-7-15-33(30)40(37(32)38-36)29-20-18-25-10-2-4-12-27(25)22-29;1-3-5-4-2/h1-23H;3-5H,1H2,2H3/b;5-4-. The van der Waals surface area contributed by atoms with Gasteiger partial charge in [0.15, 0.2) is 0 Å². The Morgan fingerprint density at radius 2 is 1.04 bits per heavy atom. The summed E-state index contributed by atoms with van der Waals surface area (Å²) in [6.45, 7) is 5.42. The van der Waals surface area contributed by atoms with Gasteiger partial charge in [0.25, 0.3) is 0 Å². The highest BCUT2D eigenvalue weighted by molar-refractivity contribution is 6.16. The topological polar surface area (TPSA) is 22.8 Å². The summed E-state index contributed by atoms with van der Waals surface area (Å²) in [4.78, 5) is 5.45. The Hall–Kier alpha value is -5.93. The fourth-order valence-corrected chi connectivity index (χ4v) is 6.55. The summed E-state index contributed by atoms with van der Waals surface area (Å²) < 4.78 is 4.68. The van der Waals surface area contributed by atoms with E-state index in [4.69, 9.17) is 4.98 Å². The molecule has 0 radical (unpaired) electrons. The van der Waals surface area contributed by atoms with Gasteiger partial charge in [0.2, 0.25) is 0 Å². The molecular formula is C42H31N3. The smallest absolute Gasteiger partial charge is 0.146 e. The quantitative estimate of drug-likeness (QED) is 0.192. The predicted octanol–water partition coefficient (Wildman–Crippen LogP) is 11.3. The Morgan fingerprint density at radius 1 is 0.511 bits per heavy atom. The van der Waals surface area contributed by atoms with Crippen molar-refractivity contribution in [3.05, 3.63) is 164 Å². The number of allylic oxidation sites excluding steroid dienone is 3. The van der Waals surface area contributed by atoms with Crippen molar-refractivity contribution in [1.82, 2.24) is 14.1 Å². The van der Waals surface area contributed by atoms with Crippen molar-refractivity contribution in [1.29, 1.82) is 0 Å². The molecular weight excluding hydrogens is 546 g/mol. The first-order valence-corrected chi connectivity index (χ1v) is 15.3. The number of fused-ring (bicyclic) bond motifs is 8. The first kappa shape index (κ1) is 26.7. The van der Waals surface area contributed by atoms with Crippen LogP contribution < -0.4 is 0 Å². The maximum atomic E-state index is 5.45. The summed E-state index contributed by atoms with van der Waals surface area (Å²) in [5.41, 5.74) is 7.69. The van der Waals surface area contributed by atoms with Crippen molar-refractivity contribution in [2.75, 3.05) is 0 Å². The number of nitrogens with zero attached hydrogens (tertiary/aromatic N) is 3. The number of hydrogen-bond donors (Lipinski definition) is 0. The summed E-state index contributed by atoms with van der Waals surface area (Å²) in [6, 6.07) is 50.1. The first-order chi connectivity index (χ1) is 22.2. The van der Waals surface area contributed by atoms with E-state index in [2.05, 4.69) is 155 Å². The molecule has 0 N–H and O–H groups in total. The predicted molar refractivity (Wildman–Crippen MR) is 193 cm³/mol. The Bertz CT molecular complexity index is 2400. The first-order valence-electron chi connectivity index (χ1n) is 15.3. The van der Waals surface area contributed by atoms with Gasteiger partial charge < -0.3 is 4.57 Å². The molecule has 0 amide bonds. The number of benzene rings is 6. The Balaban J connectivity index is 0.000000560. The van der Waals surface area contributed by atoms with Gasteiger partial charge in [-0.2, -0.15) is 0 Å². The second-order valence-electron chi connectivity index (χ2n) is 11.3. The van der Waals surface area contributed by atoms with Crippen LogP contribution in [0.25, 0.3) is 76.8 Å².